The maximum Gasteiger partial charge on any atom is 0.340 e. The number of esters is 1. The van der Waals surface area contributed by atoms with Crippen LogP contribution in [0.3, 0.4) is 0 Å². The lowest BCUT2D eigenvalue weighted by molar-refractivity contribution is -0.384. The molecule has 0 N–H and O–H groups in total. The van der Waals surface area contributed by atoms with Gasteiger partial charge in [-0.05, 0) is 30.0 Å². The molecule has 1 aliphatic rings. The molecule has 1 atom stereocenters. The van der Waals surface area contributed by atoms with Crippen LogP contribution in [0.25, 0.3) is 5.57 Å². The molecule has 1 aromatic rings. The number of fused-ring (bicyclic) bond motifs is 1. The zero-order valence-corrected chi connectivity index (χ0v) is 12.6. The second-order valence-corrected chi connectivity index (χ2v) is 6.74. The van der Waals surface area contributed by atoms with E-state index in [0.717, 1.165) is 0 Å². The molecule has 0 fully saturated rings. The van der Waals surface area contributed by atoms with Crippen LogP contribution in [-0.2, 0) is 19.6 Å². The summed E-state index contributed by atoms with van der Waals surface area (Å²) in [6.07, 6.45) is 1.43. The van der Waals surface area contributed by atoms with Crippen LogP contribution in [0.2, 0.25) is 0 Å². The van der Waals surface area contributed by atoms with E-state index < -0.39 is 21.0 Å². The van der Waals surface area contributed by atoms with Crippen LogP contribution in [0, 0.1) is 10.1 Å². The monoisotopic (exact) mass is 310 g/mol. The molecule has 8 heteroatoms. The minimum Gasteiger partial charge on any atom is -0.626 e. The van der Waals surface area contributed by atoms with Gasteiger partial charge in [-0.3, -0.25) is 10.1 Å². The van der Waals surface area contributed by atoms with Crippen molar-refractivity contribution in [3.63, 3.8) is 0 Å². The molecule has 1 heterocycles. The van der Waals surface area contributed by atoms with Gasteiger partial charge in [0, 0.05) is 12.1 Å². The summed E-state index contributed by atoms with van der Waals surface area (Å²) in [7, 11) is -2.73. The van der Waals surface area contributed by atoms with Crippen LogP contribution >= 0.6 is 0 Å². The highest BCUT2D eigenvalue weighted by atomic mass is 32.3. The molecule has 1 aliphatic heterocycles. The Kier molecular flexibility index (Phi) is 3.93. The second-order valence-electron chi connectivity index (χ2n) is 4.51. The fourth-order valence-corrected chi connectivity index (χ4v) is 3.77. The fraction of sp³-hybridized carbons (Fsp3) is 0.308. The Bertz CT molecular complexity index is 717. The molecule has 0 radical (unpaired) electrons. The quantitative estimate of drug-likeness (QED) is 0.369. The van der Waals surface area contributed by atoms with Gasteiger partial charge in [0.05, 0.1) is 34.6 Å². The zero-order chi connectivity index (χ0) is 15.8. The largest absolute Gasteiger partial charge is 0.626 e. The first kappa shape index (κ1) is 15.3. The van der Waals surface area contributed by atoms with Gasteiger partial charge in [0.1, 0.15) is 4.90 Å². The summed E-state index contributed by atoms with van der Waals surface area (Å²) in [6.45, 7) is 3.36. The minimum absolute atomic E-state index is 0.122. The van der Waals surface area contributed by atoms with Crippen molar-refractivity contribution >= 4 is 27.3 Å². The van der Waals surface area contributed by atoms with E-state index in [1.807, 2.05) is 0 Å². The highest BCUT2D eigenvalue weighted by Crippen LogP contribution is 2.38. The third-order valence-corrected chi connectivity index (χ3v) is 4.80. The van der Waals surface area contributed by atoms with E-state index in [0.29, 0.717) is 4.90 Å². The van der Waals surface area contributed by atoms with Crippen molar-refractivity contribution in [2.24, 2.45) is 4.36 Å². The number of benzene rings is 1. The average Bonchev–Trinajstić information content (AvgIpc) is 2.37. The van der Waals surface area contributed by atoms with Crippen molar-refractivity contribution in [1.29, 1.82) is 0 Å². The van der Waals surface area contributed by atoms with Crippen molar-refractivity contribution in [1.82, 2.24) is 0 Å². The molecule has 21 heavy (non-hydrogen) atoms. The van der Waals surface area contributed by atoms with Gasteiger partial charge in [-0.2, -0.15) is 0 Å². The standard InChI is InChI=1S/C13H14N2O5S/c1-4-20-13(16)12-8(2)14-21(3,19)11-6-5-9(15(17)18)7-10(11)12/h5-7H,4H2,1-3H3. The van der Waals surface area contributed by atoms with E-state index in [9.17, 15) is 19.5 Å². The summed E-state index contributed by atoms with van der Waals surface area (Å²) in [5.74, 6) is -0.629. The van der Waals surface area contributed by atoms with Crippen LogP contribution in [-0.4, -0.2) is 28.3 Å². The smallest absolute Gasteiger partial charge is 0.340 e. The highest BCUT2D eigenvalue weighted by molar-refractivity contribution is 7.99. The Hall–Kier alpha value is -2.06. The Balaban J connectivity index is 2.74. The molecule has 0 amide bonds. The normalized spacial score (nSPS) is 20.6. The number of carbonyl (C=O) groups is 1. The molecule has 0 bridgehead atoms. The molecule has 2 rings (SSSR count). The Morgan fingerprint density at radius 3 is 2.71 bits per heavy atom. The van der Waals surface area contributed by atoms with Gasteiger partial charge < -0.3 is 9.29 Å². The Morgan fingerprint density at radius 2 is 2.14 bits per heavy atom. The average molecular weight is 310 g/mol. The van der Waals surface area contributed by atoms with Crippen LogP contribution in [0.15, 0.2) is 33.2 Å². The lowest BCUT2D eigenvalue weighted by atomic mass is 10.0. The van der Waals surface area contributed by atoms with Crippen molar-refractivity contribution < 1.29 is 19.0 Å². The summed E-state index contributed by atoms with van der Waals surface area (Å²) >= 11 is 0. The molecular weight excluding hydrogens is 296 g/mol. The molecule has 0 aliphatic carbocycles. The van der Waals surface area contributed by atoms with Gasteiger partial charge in [0.15, 0.2) is 0 Å². The number of nitro groups is 1. The van der Waals surface area contributed by atoms with E-state index in [1.54, 1.807) is 6.92 Å². The minimum atomic E-state index is -2.73. The van der Waals surface area contributed by atoms with Crippen LogP contribution < -0.4 is 0 Å². The van der Waals surface area contributed by atoms with Crippen LogP contribution in [0.1, 0.15) is 19.4 Å². The molecule has 112 valence electrons. The van der Waals surface area contributed by atoms with Gasteiger partial charge in [0.25, 0.3) is 5.69 Å². The molecular formula is C13H14N2O5S. The predicted molar refractivity (Wildman–Crippen MR) is 77.1 cm³/mol. The summed E-state index contributed by atoms with van der Waals surface area (Å²) in [6, 6.07) is 3.87. The molecule has 7 nitrogen and oxygen atoms in total. The van der Waals surface area contributed by atoms with Crippen molar-refractivity contribution in [3.05, 3.63) is 39.6 Å². The number of non-ortho nitro benzene ring substituents is 1. The third kappa shape index (κ3) is 2.72. The predicted octanol–water partition coefficient (Wildman–Crippen LogP) is 2.36. The lowest BCUT2D eigenvalue weighted by Crippen LogP contribution is -2.19. The number of hydrogen-bond acceptors (Lipinski definition) is 6. The van der Waals surface area contributed by atoms with Gasteiger partial charge in [0.2, 0.25) is 0 Å². The second kappa shape index (κ2) is 5.38. The number of allylic oxidation sites excluding steroid dienone is 1. The molecule has 1 unspecified atom stereocenters. The number of ether oxygens (including phenoxy) is 1. The number of hydrogen-bond donors (Lipinski definition) is 0. The zero-order valence-electron chi connectivity index (χ0n) is 11.8. The SMILES string of the molecule is CCOC(=O)C1=C(C)N=[S+](C)([O-])c2ccc([N+](=O)[O-])cc21. The Morgan fingerprint density at radius 1 is 1.48 bits per heavy atom. The van der Waals surface area contributed by atoms with E-state index in [2.05, 4.69) is 4.36 Å². The Labute approximate surface area is 122 Å². The first-order valence-electron chi connectivity index (χ1n) is 6.17. The summed E-state index contributed by atoms with van der Waals surface area (Å²) in [4.78, 5) is 22.7. The van der Waals surface area contributed by atoms with Crippen molar-refractivity contribution in [2.45, 2.75) is 18.7 Å². The van der Waals surface area contributed by atoms with E-state index in [-0.39, 0.29) is 29.1 Å². The maximum atomic E-state index is 12.5. The summed E-state index contributed by atoms with van der Waals surface area (Å²) in [5, 5.41) is 10.9. The van der Waals surface area contributed by atoms with E-state index in [1.165, 1.54) is 31.4 Å². The van der Waals surface area contributed by atoms with Crippen molar-refractivity contribution in [2.75, 3.05) is 12.9 Å². The number of rotatable bonds is 3. The lowest BCUT2D eigenvalue weighted by Gasteiger charge is -2.25. The third-order valence-electron chi connectivity index (χ3n) is 3.00. The molecule has 0 spiro atoms. The molecule has 0 saturated carbocycles. The number of carbonyl (C=O) groups excluding carboxylic acids is 1. The van der Waals surface area contributed by atoms with Gasteiger partial charge >= 0.3 is 5.97 Å². The van der Waals surface area contributed by atoms with Crippen molar-refractivity contribution in [3.8, 4) is 0 Å². The summed E-state index contributed by atoms with van der Waals surface area (Å²) < 4.78 is 21.5. The van der Waals surface area contributed by atoms with Gasteiger partial charge in [-0.25, -0.2) is 4.79 Å². The molecule has 1 aromatic carbocycles. The van der Waals surface area contributed by atoms with Gasteiger partial charge in [-0.1, -0.05) is 0 Å². The van der Waals surface area contributed by atoms with E-state index >= 15 is 0 Å². The first-order valence-corrected chi connectivity index (χ1v) is 8.09. The summed E-state index contributed by atoms with van der Waals surface area (Å²) in [5.41, 5.74) is 0.452. The maximum absolute atomic E-state index is 12.5. The van der Waals surface area contributed by atoms with Crippen LogP contribution in [0.5, 0.6) is 0 Å². The topological polar surface area (TPSA) is 105 Å². The first-order chi connectivity index (χ1) is 9.77. The van der Waals surface area contributed by atoms with Gasteiger partial charge in [-0.15, -0.1) is 4.36 Å². The highest BCUT2D eigenvalue weighted by Gasteiger charge is 2.32. The molecule has 0 aromatic heterocycles. The number of nitro benzene ring substituents is 1. The number of nitrogens with zero attached hydrogens (tertiary/aromatic N) is 2. The molecule has 0 saturated heterocycles. The van der Waals surface area contributed by atoms with Crippen LogP contribution in [0.4, 0.5) is 5.69 Å². The fourth-order valence-electron chi connectivity index (χ4n) is 2.17. The van der Waals surface area contributed by atoms with E-state index in [4.69, 9.17) is 4.74 Å².